The third kappa shape index (κ3) is 5.33. The van der Waals surface area contributed by atoms with E-state index in [1.807, 2.05) is 31.5 Å². The van der Waals surface area contributed by atoms with Crippen LogP contribution in [0.1, 0.15) is 50.7 Å². The summed E-state index contributed by atoms with van der Waals surface area (Å²) in [7, 11) is 0. The fraction of sp³-hybridized carbons (Fsp3) is 0.242. The molecule has 8 heteroatoms. The Hall–Kier alpha value is -4.85. The summed E-state index contributed by atoms with van der Waals surface area (Å²) in [4.78, 5) is 29.8. The molecule has 1 aromatic carbocycles. The molecular weight excluding hydrogens is 510 g/mol. The van der Waals surface area contributed by atoms with Crippen LogP contribution in [0.25, 0.3) is 50.2 Å². The van der Waals surface area contributed by atoms with Crippen LogP contribution in [-0.4, -0.2) is 36.0 Å². The van der Waals surface area contributed by atoms with Gasteiger partial charge >= 0.3 is 0 Å². The minimum Gasteiger partial charge on any atom is -0.335 e. The highest BCUT2D eigenvalue weighted by Gasteiger charge is 2.18. The summed E-state index contributed by atoms with van der Waals surface area (Å²) in [6.45, 7) is 6.28. The van der Waals surface area contributed by atoms with Crippen LogP contribution in [-0.2, 0) is 4.79 Å². The zero-order valence-electron chi connectivity index (χ0n) is 23.5. The summed E-state index contributed by atoms with van der Waals surface area (Å²) < 4.78 is 0. The van der Waals surface area contributed by atoms with Crippen molar-refractivity contribution in [2.75, 3.05) is 5.32 Å². The lowest BCUT2D eigenvalue weighted by Gasteiger charge is -2.12. The minimum atomic E-state index is -0.0116. The van der Waals surface area contributed by atoms with Crippen LogP contribution < -0.4 is 5.32 Å². The molecule has 1 aliphatic rings. The molecule has 0 radical (unpaired) electrons. The second-order valence-electron chi connectivity index (χ2n) is 10.6. The number of rotatable bonds is 7. The molecule has 0 saturated carbocycles. The summed E-state index contributed by atoms with van der Waals surface area (Å²) in [6, 6.07) is 8.16. The second kappa shape index (κ2) is 11.3. The summed E-state index contributed by atoms with van der Waals surface area (Å²) >= 11 is 0. The normalized spacial score (nSPS) is 15.2. The maximum atomic E-state index is 12.4. The van der Waals surface area contributed by atoms with Crippen LogP contribution in [0, 0.1) is 12.8 Å². The summed E-state index contributed by atoms with van der Waals surface area (Å²) in [5, 5.41) is 11.7. The van der Waals surface area contributed by atoms with Crippen LogP contribution >= 0.6 is 0 Å². The van der Waals surface area contributed by atoms with Crippen LogP contribution in [0.5, 0.6) is 0 Å². The van der Waals surface area contributed by atoms with Gasteiger partial charge in [-0.05, 0) is 66.1 Å². The Morgan fingerprint density at radius 1 is 1.12 bits per heavy atom. The SMILES string of the molecule is CCCCC(=O)Nc1nccc(-c2ccc3[nH]nc(-c4nc5c(C6=CC(C)CC=CC=C6)cncc5[nH]4)c3c2)c1C. The van der Waals surface area contributed by atoms with Crippen LogP contribution in [0.3, 0.4) is 0 Å². The number of H-pyrrole nitrogens is 2. The maximum Gasteiger partial charge on any atom is 0.225 e. The number of nitrogens with zero attached hydrogens (tertiary/aromatic N) is 4. The number of allylic oxidation sites excluding steroid dienone is 6. The highest BCUT2D eigenvalue weighted by Crippen LogP contribution is 2.34. The number of hydrogen-bond donors (Lipinski definition) is 3. The first-order valence-electron chi connectivity index (χ1n) is 14.1. The lowest BCUT2D eigenvalue weighted by molar-refractivity contribution is -0.116. The molecule has 1 aliphatic carbocycles. The minimum absolute atomic E-state index is 0.0116. The number of aromatic nitrogens is 6. The van der Waals surface area contributed by atoms with Crippen molar-refractivity contribution >= 4 is 39.2 Å². The number of fused-ring (bicyclic) bond motifs is 2. The van der Waals surface area contributed by atoms with E-state index in [1.165, 1.54) is 0 Å². The van der Waals surface area contributed by atoms with Gasteiger partial charge in [0, 0.05) is 29.8 Å². The van der Waals surface area contributed by atoms with E-state index in [1.54, 1.807) is 6.20 Å². The molecule has 4 heterocycles. The topological polar surface area (TPSA) is 112 Å². The quantitative estimate of drug-likeness (QED) is 0.196. The molecule has 0 bridgehead atoms. The lowest BCUT2D eigenvalue weighted by atomic mass is 9.97. The van der Waals surface area contributed by atoms with Gasteiger partial charge in [0.1, 0.15) is 11.5 Å². The van der Waals surface area contributed by atoms with E-state index in [4.69, 9.17) is 4.98 Å². The Morgan fingerprint density at radius 2 is 2.02 bits per heavy atom. The van der Waals surface area contributed by atoms with Gasteiger partial charge < -0.3 is 10.3 Å². The largest absolute Gasteiger partial charge is 0.335 e. The van der Waals surface area contributed by atoms with Gasteiger partial charge in [-0.1, -0.05) is 56.7 Å². The molecule has 0 spiro atoms. The second-order valence-corrected chi connectivity index (χ2v) is 10.6. The molecule has 41 heavy (non-hydrogen) atoms. The number of carbonyl (C=O) groups excluding carboxylic acids is 1. The van der Waals surface area contributed by atoms with Crippen molar-refractivity contribution in [3.8, 4) is 22.6 Å². The van der Waals surface area contributed by atoms with Gasteiger partial charge in [0.2, 0.25) is 5.91 Å². The molecule has 3 N–H and O–H groups in total. The molecule has 6 rings (SSSR count). The molecule has 206 valence electrons. The van der Waals surface area contributed by atoms with Crippen molar-refractivity contribution < 1.29 is 4.79 Å². The average Bonchev–Trinajstić information content (AvgIpc) is 3.58. The number of amides is 1. The highest BCUT2D eigenvalue weighted by atomic mass is 16.1. The Kier molecular flexibility index (Phi) is 7.29. The standard InChI is InChI=1S/C33H33N7O/c1-4-5-11-29(41)37-32-21(3)24(14-15-35-32)23-12-13-27-25(17-23)31(40-39-27)33-36-28-19-34-18-26(30(28)38-33)22-10-8-6-7-9-20(2)16-22/h6-8,10,12-20H,4-5,9,11H2,1-3H3,(H,36,38)(H,39,40)(H,35,37,41). The number of unbranched alkanes of at least 4 members (excludes halogenated alkanes) is 1. The van der Waals surface area contributed by atoms with Gasteiger partial charge in [0.25, 0.3) is 0 Å². The first kappa shape index (κ1) is 26.4. The first-order chi connectivity index (χ1) is 20.0. The fourth-order valence-electron chi connectivity index (χ4n) is 5.27. The number of anilines is 1. The Balaban J connectivity index is 1.39. The molecule has 1 amide bonds. The molecule has 0 fully saturated rings. The third-order valence-electron chi connectivity index (χ3n) is 7.52. The van der Waals surface area contributed by atoms with Gasteiger partial charge in [-0.3, -0.25) is 14.9 Å². The van der Waals surface area contributed by atoms with Crippen molar-refractivity contribution in [2.24, 2.45) is 5.92 Å². The van der Waals surface area contributed by atoms with Crippen LogP contribution in [0.15, 0.2) is 73.2 Å². The van der Waals surface area contributed by atoms with Gasteiger partial charge in [0.05, 0.1) is 22.7 Å². The van der Waals surface area contributed by atoms with E-state index in [0.29, 0.717) is 24.0 Å². The van der Waals surface area contributed by atoms with E-state index < -0.39 is 0 Å². The third-order valence-corrected chi connectivity index (χ3v) is 7.52. The Bertz CT molecular complexity index is 1840. The molecule has 1 unspecified atom stereocenters. The number of imidazole rings is 1. The van der Waals surface area contributed by atoms with Crippen molar-refractivity contribution in [3.63, 3.8) is 0 Å². The van der Waals surface area contributed by atoms with E-state index in [-0.39, 0.29) is 5.91 Å². The highest BCUT2D eigenvalue weighted by molar-refractivity contribution is 5.98. The van der Waals surface area contributed by atoms with Crippen LogP contribution in [0.2, 0.25) is 0 Å². The molecule has 4 aromatic heterocycles. The summed E-state index contributed by atoms with van der Waals surface area (Å²) in [5.74, 6) is 1.67. The van der Waals surface area contributed by atoms with E-state index in [2.05, 4.69) is 86.8 Å². The number of aromatic amines is 2. The molecule has 1 atom stereocenters. The van der Waals surface area contributed by atoms with Crippen molar-refractivity contribution in [2.45, 2.75) is 46.5 Å². The van der Waals surface area contributed by atoms with Crippen molar-refractivity contribution in [1.29, 1.82) is 0 Å². The molecule has 8 nitrogen and oxygen atoms in total. The van der Waals surface area contributed by atoms with E-state index >= 15 is 0 Å². The zero-order chi connectivity index (χ0) is 28.3. The molecule has 0 saturated heterocycles. The summed E-state index contributed by atoms with van der Waals surface area (Å²) in [5.41, 5.74) is 8.40. The van der Waals surface area contributed by atoms with Gasteiger partial charge in [-0.25, -0.2) is 9.97 Å². The molecule has 5 aromatic rings. The Morgan fingerprint density at radius 3 is 2.90 bits per heavy atom. The monoisotopic (exact) mass is 543 g/mol. The number of hydrogen-bond acceptors (Lipinski definition) is 5. The van der Waals surface area contributed by atoms with Crippen molar-refractivity contribution in [1.82, 2.24) is 30.1 Å². The fourth-order valence-corrected chi connectivity index (χ4v) is 5.27. The number of nitrogens with one attached hydrogen (secondary N) is 3. The average molecular weight is 544 g/mol. The van der Waals surface area contributed by atoms with Gasteiger partial charge in [-0.15, -0.1) is 0 Å². The predicted molar refractivity (Wildman–Crippen MR) is 165 cm³/mol. The number of benzene rings is 1. The van der Waals surface area contributed by atoms with Gasteiger partial charge in [0.15, 0.2) is 5.82 Å². The molecule has 0 aliphatic heterocycles. The number of carbonyl (C=O) groups is 1. The smallest absolute Gasteiger partial charge is 0.225 e. The zero-order valence-corrected chi connectivity index (χ0v) is 23.5. The van der Waals surface area contributed by atoms with Gasteiger partial charge in [-0.2, -0.15) is 5.10 Å². The van der Waals surface area contributed by atoms with Crippen LogP contribution in [0.4, 0.5) is 5.82 Å². The van der Waals surface area contributed by atoms with E-state index in [9.17, 15) is 4.79 Å². The predicted octanol–water partition coefficient (Wildman–Crippen LogP) is 7.54. The number of pyridine rings is 2. The Labute approximate surface area is 238 Å². The van der Waals surface area contributed by atoms with E-state index in [0.717, 1.165) is 74.7 Å². The lowest BCUT2D eigenvalue weighted by Crippen LogP contribution is -2.13. The first-order valence-corrected chi connectivity index (χ1v) is 14.1. The maximum absolute atomic E-state index is 12.4. The van der Waals surface area contributed by atoms with Crippen molar-refractivity contribution in [3.05, 3.63) is 84.4 Å². The molecular formula is C33H33N7O. The summed E-state index contributed by atoms with van der Waals surface area (Å²) in [6.07, 6.45) is 19.5.